The summed E-state index contributed by atoms with van der Waals surface area (Å²) in [4.78, 5) is 12.4. The monoisotopic (exact) mass is 174 g/mol. The van der Waals surface area contributed by atoms with E-state index in [2.05, 4.69) is 0 Å². The quantitative estimate of drug-likeness (QED) is 0.668. The summed E-state index contributed by atoms with van der Waals surface area (Å²) in [5, 5.41) is 0. The van der Waals surface area contributed by atoms with E-state index in [0.29, 0.717) is 25.9 Å². The highest BCUT2D eigenvalue weighted by Crippen LogP contribution is 2.12. The fourth-order valence-electron chi connectivity index (χ4n) is 1.47. The summed E-state index contributed by atoms with van der Waals surface area (Å²) in [7, 11) is 0. The number of hydrogen-bond acceptors (Lipinski definition) is 2. The van der Waals surface area contributed by atoms with Crippen molar-refractivity contribution in [3.63, 3.8) is 0 Å². The highest BCUT2D eigenvalue weighted by atomic mass is 19.1. The molecule has 0 aromatic rings. The molecule has 1 atom stereocenters. The van der Waals surface area contributed by atoms with Gasteiger partial charge in [0.2, 0.25) is 5.91 Å². The van der Waals surface area contributed by atoms with Gasteiger partial charge in [-0.05, 0) is 19.4 Å². The summed E-state index contributed by atoms with van der Waals surface area (Å²) in [5.41, 5.74) is 4.98. The predicted molar refractivity (Wildman–Crippen MR) is 44.4 cm³/mol. The first-order chi connectivity index (χ1) is 5.68. The number of hydrogen-bond donors (Lipinski definition) is 1. The first-order valence-electron chi connectivity index (χ1n) is 4.33. The van der Waals surface area contributed by atoms with Crippen molar-refractivity contribution in [1.82, 2.24) is 4.90 Å². The van der Waals surface area contributed by atoms with Crippen molar-refractivity contribution in [3.05, 3.63) is 0 Å². The minimum absolute atomic E-state index is 0.309. The van der Waals surface area contributed by atoms with E-state index in [4.69, 9.17) is 5.73 Å². The van der Waals surface area contributed by atoms with Crippen LogP contribution in [0.5, 0.6) is 0 Å². The number of primary amides is 1. The number of carbonyl (C=O) groups is 1. The van der Waals surface area contributed by atoms with Gasteiger partial charge in [0.05, 0.1) is 0 Å². The number of amides is 1. The second-order valence-electron chi connectivity index (χ2n) is 3.26. The van der Waals surface area contributed by atoms with Crippen LogP contribution in [-0.2, 0) is 4.79 Å². The Kier molecular flexibility index (Phi) is 3.47. The van der Waals surface area contributed by atoms with Crippen LogP contribution in [0.15, 0.2) is 0 Å². The fourth-order valence-corrected chi connectivity index (χ4v) is 1.47. The van der Waals surface area contributed by atoms with E-state index >= 15 is 0 Å². The van der Waals surface area contributed by atoms with E-state index in [1.807, 2.05) is 4.90 Å². The van der Waals surface area contributed by atoms with Crippen LogP contribution < -0.4 is 5.73 Å². The Hall–Kier alpha value is -0.640. The van der Waals surface area contributed by atoms with Crippen molar-refractivity contribution in [1.29, 1.82) is 0 Å². The minimum Gasteiger partial charge on any atom is -0.370 e. The van der Waals surface area contributed by atoms with Crippen LogP contribution in [-0.4, -0.2) is 36.6 Å². The number of alkyl halides is 1. The van der Waals surface area contributed by atoms with Crippen LogP contribution in [0.1, 0.15) is 19.3 Å². The van der Waals surface area contributed by atoms with Crippen molar-refractivity contribution in [2.24, 2.45) is 5.73 Å². The lowest BCUT2D eigenvalue weighted by Gasteiger charge is -2.28. The van der Waals surface area contributed by atoms with E-state index in [1.165, 1.54) is 0 Å². The highest BCUT2D eigenvalue weighted by Gasteiger charge is 2.18. The summed E-state index contributed by atoms with van der Waals surface area (Å²) in [6.07, 6.45) is 1.17. The normalized spacial score (nSPS) is 25.6. The first-order valence-corrected chi connectivity index (χ1v) is 4.33. The second kappa shape index (κ2) is 4.40. The van der Waals surface area contributed by atoms with Gasteiger partial charge in [-0.25, -0.2) is 4.39 Å². The smallest absolute Gasteiger partial charge is 0.218 e. The van der Waals surface area contributed by atoms with Crippen LogP contribution in [0.2, 0.25) is 0 Å². The van der Waals surface area contributed by atoms with Gasteiger partial charge in [-0.15, -0.1) is 0 Å². The van der Waals surface area contributed by atoms with E-state index in [9.17, 15) is 9.18 Å². The molecule has 1 heterocycles. The average Bonchev–Trinajstić information content (AvgIpc) is 2.01. The fraction of sp³-hybridized carbons (Fsp3) is 0.875. The van der Waals surface area contributed by atoms with Crippen LogP contribution in [0.3, 0.4) is 0 Å². The van der Waals surface area contributed by atoms with E-state index < -0.39 is 6.17 Å². The molecule has 70 valence electrons. The molecule has 0 saturated carbocycles. The number of carbonyl (C=O) groups excluding carboxylic acids is 1. The zero-order valence-electron chi connectivity index (χ0n) is 7.13. The summed E-state index contributed by atoms with van der Waals surface area (Å²) >= 11 is 0. The van der Waals surface area contributed by atoms with Crippen LogP contribution >= 0.6 is 0 Å². The van der Waals surface area contributed by atoms with Crippen LogP contribution in [0.4, 0.5) is 4.39 Å². The molecule has 0 spiro atoms. The Morgan fingerprint density at radius 1 is 1.67 bits per heavy atom. The van der Waals surface area contributed by atoms with Gasteiger partial charge in [-0.1, -0.05) is 0 Å². The number of nitrogens with two attached hydrogens (primary N) is 1. The number of likely N-dealkylation sites (tertiary alicyclic amines) is 1. The predicted octanol–water partition coefficient (Wildman–Crippen LogP) is 0.296. The standard InChI is InChI=1S/C8H15FN2O/c9-7-2-1-4-11(6-7)5-3-8(10)12/h7H,1-6H2,(H2,10,12). The molecule has 1 fully saturated rings. The molecule has 1 aliphatic heterocycles. The second-order valence-corrected chi connectivity index (χ2v) is 3.26. The van der Waals surface area contributed by atoms with Gasteiger partial charge in [0, 0.05) is 19.5 Å². The zero-order valence-corrected chi connectivity index (χ0v) is 7.13. The highest BCUT2D eigenvalue weighted by molar-refractivity contribution is 5.73. The lowest BCUT2D eigenvalue weighted by Crippen LogP contribution is -2.38. The molecule has 1 amide bonds. The third-order valence-corrected chi connectivity index (χ3v) is 2.12. The molecule has 0 aromatic heterocycles. The molecular weight excluding hydrogens is 159 g/mol. The van der Waals surface area contributed by atoms with Crippen molar-refractivity contribution in [3.8, 4) is 0 Å². The Bertz CT molecular complexity index is 163. The number of rotatable bonds is 3. The summed E-state index contributed by atoms with van der Waals surface area (Å²) < 4.78 is 12.8. The molecule has 1 aliphatic rings. The van der Waals surface area contributed by atoms with E-state index in [1.54, 1.807) is 0 Å². The summed E-state index contributed by atoms with van der Waals surface area (Å²) in [6, 6.07) is 0. The molecule has 0 radical (unpaired) electrons. The molecule has 12 heavy (non-hydrogen) atoms. The zero-order chi connectivity index (χ0) is 8.97. The van der Waals surface area contributed by atoms with Gasteiger partial charge in [0.25, 0.3) is 0 Å². The molecule has 2 N–H and O–H groups in total. The Morgan fingerprint density at radius 3 is 3.00 bits per heavy atom. The molecule has 4 heteroatoms. The van der Waals surface area contributed by atoms with Crippen LogP contribution in [0, 0.1) is 0 Å². The molecule has 3 nitrogen and oxygen atoms in total. The third kappa shape index (κ3) is 3.17. The number of nitrogens with zero attached hydrogens (tertiary/aromatic N) is 1. The molecular formula is C8H15FN2O. The van der Waals surface area contributed by atoms with Crippen molar-refractivity contribution >= 4 is 5.91 Å². The van der Waals surface area contributed by atoms with Gasteiger partial charge < -0.3 is 5.73 Å². The van der Waals surface area contributed by atoms with E-state index in [-0.39, 0.29) is 5.91 Å². The Balaban J connectivity index is 2.18. The maximum absolute atomic E-state index is 12.8. The molecule has 1 unspecified atom stereocenters. The molecule has 1 saturated heterocycles. The van der Waals surface area contributed by atoms with Gasteiger partial charge in [0.1, 0.15) is 6.17 Å². The lowest BCUT2D eigenvalue weighted by molar-refractivity contribution is -0.118. The molecule has 1 rings (SSSR count). The molecule has 0 aromatic carbocycles. The SMILES string of the molecule is NC(=O)CCN1CCCC(F)C1. The Labute approximate surface area is 71.7 Å². The summed E-state index contributed by atoms with van der Waals surface area (Å²) in [5.74, 6) is -0.309. The van der Waals surface area contributed by atoms with E-state index in [0.717, 1.165) is 13.0 Å². The van der Waals surface area contributed by atoms with Gasteiger partial charge >= 0.3 is 0 Å². The van der Waals surface area contributed by atoms with Gasteiger partial charge in [0.15, 0.2) is 0 Å². The largest absolute Gasteiger partial charge is 0.370 e. The minimum atomic E-state index is -0.716. The number of piperidine rings is 1. The van der Waals surface area contributed by atoms with Crippen molar-refractivity contribution in [2.45, 2.75) is 25.4 Å². The third-order valence-electron chi connectivity index (χ3n) is 2.12. The maximum atomic E-state index is 12.8. The maximum Gasteiger partial charge on any atom is 0.218 e. The summed E-state index contributed by atoms with van der Waals surface area (Å²) in [6.45, 7) is 1.97. The molecule has 0 aliphatic carbocycles. The molecule has 0 bridgehead atoms. The number of halogens is 1. The van der Waals surface area contributed by atoms with Crippen molar-refractivity contribution in [2.75, 3.05) is 19.6 Å². The average molecular weight is 174 g/mol. The topological polar surface area (TPSA) is 46.3 Å². The lowest BCUT2D eigenvalue weighted by atomic mass is 10.1. The van der Waals surface area contributed by atoms with Gasteiger partial charge in [-0.2, -0.15) is 0 Å². The van der Waals surface area contributed by atoms with Crippen molar-refractivity contribution < 1.29 is 9.18 Å². The Morgan fingerprint density at radius 2 is 2.42 bits per heavy atom. The van der Waals surface area contributed by atoms with Gasteiger partial charge in [-0.3, -0.25) is 9.69 Å². The first kappa shape index (κ1) is 9.45. The van der Waals surface area contributed by atoms with Crippen LogP contribution in [0.25, 0.3) is 0 Å².